The monoisotopic (exact) mass is 531 g/mol. The van der Waals surface area contributed by atoms with Crippen LogP contribution in [0, 0.1) is 18.6 Å². The van der Waals surface area contributed by atoms with Gasteiger partial charge in [0.1, 0.15) is 22.8 Å². The summed E-state index contributed by atoms with van der Waals surface area (Å²) < 4.78 is 81.2. The number of nitrogens with one attached hydrogen (secondary N) is 1. The first-order valence-electron chi connectivity index (χ1n) is 9.68. The SMILES string of the molecule is COc1c(Oc2cc(Cl)c(C)c(F)c2C(=O)Nc2ccnc(C(N)=O)c2)ccc(OC(F)(F)F)c1F. The molecule has 3 N–H and O–H groups in total. The first-order valence-corrected chi connectivity index (χ1v) is 10.1. The molecule has 0 aliphatic carbocycles. The second kappa shape index (κ2) is 10.2. The number of hydrogen-bond acceptors (Lipinski definition) is 6. The maximum Gasteiger partial charge on any atom is 0.573 e. The minimum Gasteiger partial charge on any atom is -0.490 e. The molecule has 0 radical (unpaired) electrons. The zero-order chi connectivity index (χ0) is 26.8. The van der Waals surface area contributed by atoms with Crippen LogP contribution >= 0.6 is 11.6 Å². The first-order chi connectivity index (χ1) is 16.8. The van der Waals surface area contributed by atoms with Gasteiger partial charge in [-0.1, -0.05) is 11.6 Å². The molecule has 2 aromatic carbocycles. The maximum atomic E-state index is 15.1. The van der Waals surface area contributed by atoms with E-state index < -0.39 is 58.4 Å². The minimum absolute atomic E-state index is 0.0269. The largest absolute Gasteiger partial charge is 0.573 e. The van der Waals surface area contributed by atoms with E-state index in [1.807, 2.05) is 0 Å². The van der Waals surface area contributed by atoms with Gasteiger partial charge in [-0.15, -0.1) is 13.2 Å². The fourth-order valence-corrected chi connectivity index (χ4v) is 3.12. The lowest BCUT2D eigenvalue weighted by Crippen LogP contribution is -2.18. The predicted octanol–water partition coefficient (Wildman–Crippen LogP) is 5.37. The molecule has 3 aromatic rings. The number of nitrogens with zero attached hydrogens (tertiary/aromatic N) is 1. The fourth-order valence-electron chi connectivity index (χ4n) is 2.94. The molecule has 14 heteroatoms. The lowest BCUT2D eigenvalue weighted by molar-refractivity contribution is -0.275. The Balaban J connectivity index is 2.05. The zero-order valence-corrected chi connectivity index (χ0v) is 19.1. The summed E-state index contributed by atoms with van der Waals surface area (Å²) in [5, 5.41) is 2.17. The Kier molecular flexibility index (Phi) is 7.53. The van der Waals surface area contributed by atoms with E-state index in [0.29, 0.717) is 6.07 Å². The number of anilines is 1. The zero-order valence-electron chi connectivity index (χ0n) is 18.3. The highest BCUT2D eigenvalue weighted by Gasteiger charge is 2.34. The molecule has 0 saturated carbocycles. The summed E-state index contributed by atoms with van der Waals surface area (Å²) in [6.45, 7) is 1.28. The highest BCUT2D eigenvalue weighted by molar-refractivity contribution is 6.31. The number of carbonyl (C=O) groups is 2. The van der Waals surface area contributed by atoms with E-state index in [0.717, 1.165) is 25.3 Å². The lowest BCUT2D eigenvalue weighted by Gasteiger charge is -2.18. The van der Waals surface area contributed by atoms with Crippen LogP contribution in [0.4, 0.5) is 27.6 Å². The van der Waals surface area contributed by atoms with Gasteiger partial charge in [-0.2, -0.15) is 4.39 Å². The van der Waals surface area contributed by atoms with Crippen molar-refractivity contribution in [1.29, 1.82) is 0 Å². The number of ether oxygens (including phenoxy) is 3. The summed E-state index contributed by atoms with van der Waals surface area (Å²) in [4.78, 5) is 28.0. The molecule has 36 heavy (non-hydrogen) atoms. The van der Waals surface area contributed by atoms with Crippen molar-refractivity contribution in [3.05, 3.63) is 70.0 Å². The molecule has 0 fully saturated rings. The van der Waals surface area contributed by atoms with Crippen LogP contribution in [0.2, 0.25) is 5.02 Å². The van der Waals surface area contributed by atoms with Gasteiger partial charge >= 0.3 is 6.36 Å². The van der Waals surface area contributed by atoms with Crippen LogP contribution in [0.3, 0.4) is 0 Å². The smallest absolute Gasteiger partial charge is 0.490 e. The molecule has 0 saturated heterocycles. The third kappa shape index (κ3) is 5.74. The molecule has 2 amide bonds. The Morgan fingerprint density at radius 2 is 1.72 bits per heavy atom. The van der Waals surface area contributed by atoms with Crippen LogP contribution in [0.25, 0.3) is 0 Å². The molecule has 8 nitrogen and oxygen atoms in total. The van der Waals surface area contributed by atoms with Gasteiger partial charge < -0.3 is 25.3 Å². The van der Waals surface area contributed by atoms with E-state index in [2.05, 4.69) is 15.0 Å². The number of halogens is 6. The van der Waals surface area contributed by atoms with Crippen molar-refractivity contribution in [2.24, 2.45) is 5.73 Å². The number of carbonyl (C=O) groups excluding carboxylic acids is 2. The van der Waals surface area contributed by atoms with Crippen LogP contribution in [-0.4, -0.2) is 30.3 Å². The molecule has 0 aliphatic rings. The average Bonchev–Trinajstić information content (AvgIpc) is 2.79. The number of nitrogens with two attached hydrogens (primary N) is 1. The second-order valence-electron chi connectivity index (χ2n) is 6.98. The Labute approximate surface area is 204 Å². The van der Waals surface area contributed by atoms with Gasteiger partial charge in [-0.25, -0.2) is 4.39 Å². The number of amides is 2. The van der Waals surface area contributed by atoms with Crippen LogP contribution in [-0.2, 0) is 0 Å². The molecule has 3 rings (SSSR count). The number of methoxy groups -OCH3 is 1. The predicted molar refractivity (Wildman–Crippen MR) is 117 cm³/mol. The summed E-state index contributed by atoms with van der Waals surface area (Å²) in [5.41, 5.74) is 4.18. The number of rotatable bonds is 7. The summed E-state index contributed by atoms with van der Waals surface area (Å²) in [7, 11) is 0.943. The Bertz CT molecular complexity index is 1350. The number of primary amides is 1. The third-order valence-electron chi connectivity index (χ3n) is 4.58. The second-order valence-corrected chi connectivity index (χ2v) is 7.38. The molecule has 1 heterocycles. The molecule has 0 aliphatic heterocycles. The lowest BCUT2D eigenvalue weighted by atomic mass is 10.1. The summed E-state index contributed by atoms with van der Waals surface area (Å²) in [6, 6.07) is 4.95. The van der Waals surface area contributed by atoms with Crippen molar-refractivity contribution >= 4 is 29.1 Å². The van der Waals surface area contributed by atoms with Crippen molar-refractivity contribution in [3.8, 4) is 23.0 Å². The topological polar surface area (TPSA) is 113 Å². The number of aromatic nitrogens is 1. The van der Waals surface area contributed by atoms with E-state index in [1.54, 1.807) is 0 Å². The van der Waals surface area contributed by atoms with Gasteiger partial charge in [0.05, 0.1) is 12.1 Å². The molecule has 190 valence electrons. The minimum atomic E-state index is -5.19. The van der Waals surface area contributed by atoms with Crippen LogP contribution < -0.4 is 25.3 Å². The van der Waals surface area contributed by atoms with Gasteiger partial charge in [0.2, 0.25) is 11.6 Å². The molecular formula is C22H15ClF5N3O5. The van der Waals surface area contributed by atoms with Crippen molar-refractivity contribution in [1.82, 2.24) is 4.98 Å². The number of pyridine rings is 1. The maximum absolute atomic E-state index is 15.1. The van der Waals surface area contributed by atoms with E-state index in [9.17, 15) is 27.2 Å². The van der Waals surface area contributed by atoms with Gasteiger partial charge in [-0.05, 0) is 31.2 Å². The van der Waals surface area contributed by atoms with E-state index >= 15 is 4.39 Å². The van der Waals surface area contributed by atoms with E-state index in [-0.39, 0.29) is 22.0 Å². The van der Waals surface area contributed by atoms with Gasteiger partial charge in [0.25, 0.3) is 11.8 Å². The molecule has 1 aromatic heterocycles. The number of hydrogen-bond donors (Lipinski definition) is 2. The summed E-state index contributed by atoms with van der Waals surface area (Å²) >= 11 is 6.02. The Morgan fingerprint density at radius 1 is 1.06 bits per heavy atom. The summed E-state index contributed by atoms with van der Waals surface area (Å²) in [6.07, 6.45) is -4.01. The number of benzene rings is 2. The molecule has 0 unspecified atom stereocenters. The molecular weight excluding hydrogens is 517 g/mol. The molecule has 0 spiro atoms. The third-order valence-corrected chi connectivity index (χ3v) is 4.98. The molecule has 0 bridgehead atoms. The van der Waals surface area contributed by atoms with Gasteiger partial charge in [0.15, 0.2) is 11.5 Å². The van der Waals surface area contributed by atoms with Crippen molar-refractivity contribution in [3.63, 3.8) is 0 Å². The Morgan fingerprint density at radius 3 is 2.33 bits per heavy atom. The standard InChI is InChI=1S/C22H15ClF5N3O5/c1-9-11(23)8-15(35-14-4-3-13(36-22(26,27)28)18(25)19(14)34-2)16(17(9)24)21(33)31-10-5-6-30-12(7-10)20(29)32/h3-8H,1-2H3,(H2,29,32)(H,30,31,33). The van der Waals surface area contributed by atoms with Crippen LogP contribution in [0.1, 0.15) is 26.4 Å². The number of alkyl halides is 3. The van der Waals surface area contributed by atoms with Crippen molar-refractivity contribution < 1.29 is 45.8 Å². The van der Waals surface area contributed by atoms with Gasteiger partial charge in [-0.3, -0.25) is 14.6 Å². The highest BCUT2D eigenvalue weighted by Crippen LogP contribution is 2.42. The Hall–Kier alpha value is -4.13. The normalized spacial score (nSPS) is 11.1. The fraction of sp³-hybridized carbons (Fsp3) is 0.136. The van der Waals surface area contributed by atoms with Gasteiger partial charge in [0, 0.05) is 23.5 Å². The quantitative estimate of drug-likeness (QED) is 0.396. The first kappa shape index (κ1) is 26.5. The van der Waals surface area contributed by atoms with E-state index in [1.165, 1.54) is 19.2 Å². The van der Waals surface area contributed by atoms with Crippen molar-refractivity contribution in [2.45, 2.75) is 13.3 Å². The summed E-state index contributed by atoms with van der Waals surface area (Å²) in [5.74, 6) is -7.68. The highest BCUT2D eigenvalue weighted by atomic mass is 35.5. The van der Waals surface area contributed by atoms with E-state index in [4.69, 9.17) is 26.8 Å². The average molecular weight is 532 g/mol. The van der Waals surface area contributed by atoms with Crippen LogP contribution in [0.5, 0.6) is 23.0 Å². The van der Waals surface area contributed by atoms with Crippen LogP contribution in [0.15, 0.2) is 36.5 Å². The molecule has 0 atom stereocenters. The van der Waals surface area contributed by atoms with Crippen molar-refractivity contribution in [2.75, 3.05) is 12.4 Å².